The molecule has 2 heterocycles. The maximum Gasteiger partial charge on any atom is 0.0704 e. The lowest BCUT2D eigenvalue weighted by atomic mass is 10.0. The highest BCUT2D eigenvalue weighted by Crippen LogP contribution is 2.35. The third kappa shape index (κ3) is 1.85. The summed E-state index contributed by atoms with van der Waals surface area (Å²) in [7, 11) is 2.13. The minimum Gasteiger partial charge on any atom is -0.362 e. The van der Waals surface area contributed by atoms with Gasteiger partial charge in [-0.05, 0) is 30.7 Å². The van der Waals surface area contributed by atoms with Gasteiger partial charge >= 0.3 is 0 Å². The minimum absolute atomic E-state index is 0.348. The Labute approximate surface area is 106 Å². The second kappa shape index (κ2) is 4.17. The number of anilines is 1. The molecule has 0 saturated carbocycles. The molecule has 1 N–H and O–H groups in total. The van der Waals surface area contributed by atoms with Gasteiger partial charge in [0.2, 0.25) is 0 Å². The Morgan fingerprint density at radius 3 is 2.82 bits per heavy atom. The van der Waals surface area contributed by atoms with Gasteiger partial charge in [-0.2, -0.15) is 0 Å². The number of fused-ring (bicyclic) bond motifs is 1. The summed E-state index contributed by atoms with van der Waals surface area (Å²) in [6, 6.07) is 13.4. The zero-order valence-corrected chi connectivity index (χ0v) is 10.9. The van der Waals surface area contributed by atoms with Gasteiger partial charge in [-0.15, -0.1) is 11.3 Å². The van der Waals surface area contributed by atoms with E-state index in [9.17, 15) is 0 Å². The molecular weight excluding hydrogens is 228 g/mol. The summed E-state index contributed by atoms with van der Waals surface area (Å²) in [5.41, 5.74) is 2.71. The second-order valence-corrected chi connectivity index (χ2v) is 5.82. The van der Waals surface area contributed by atoms with Gasteiger partial charge in [-0.25, -0.2) is 0 Å². The zero-order valence-electron chi connectivity index (χ0n) is 10.1. The number of nitrogens with one attached hydrogen (secondary N) is 1. The van der Waals surface area contributed by atoms with Crippen molar-refractivity contribution < 1.29 is 0 Å². The Balaban J connectivity index is 2.06. The number of rotatable bonds is 1. The summed E-state index contributed by atoms with van der Waals surface area (Å²) in [5, 5.41) is 3.59. The van der Waals surface area contributed by atoms with Crippen molar-refractivity contribution >= 4 is 17.0 Å². The van der Waals surface area contributed by atoms with Crippen LogP contribution in [0, 0.1) is 6.92 Å². The molecule has 2 aromatic rings. The first-order valence-electron chi connectivity index (χ1n) is 5.85. The fraction of sp³-hybridized carbons (Fsp3) is 0.286. The molecule has 1 aliphatic rings. The maximum atomic E-state index is 3.59. The highest BCUT2D eigenvalue weighted by molar-refractivity contribution is 7.12. The Kier molecular flexibility index (Phi) is 2.65. The van der Waals surface area contributed by atoms with E-state index < -0.39 is 0 Å². The summed E-state index contributed by atoms with van der Waals surface area (Å²) in [6.45, 7) is 3.06. The van der Waals surface area contributed by atoms with Crippen LogP contribution in [0.3, 0.4) is 0 Å². The van der Waals surface area contributed by atoms with Crippen LogP contribution >= 0.6 is 11.3 Å². The van der Waals surface area contributed by atoms with Crippen LogP contribution in [0.2, 0.25) is 0 Å². The van der Waals surface area contributed by atoms with Crippen LogP contribution in [0.4, 0.5) is 5.69 Å². The van der Waals surface area contributed by atoms with Crippen LogP contribution in [0.1, 0.15) is 21.4 Å². The normalized spacial score (nSPS) is 19.2. The van der Waals surface area contributed by atoms with E-state index in [1.165, 1.54) is 21.0 Å². The van der Waals surface area contributed by atoms with Gasteiger partial charge in [-0.3, -0.25) is 5.32 Å². The molecule has 1 aromatic carbocycles. The van der Waals surface area contributed by atoms with Gasteiger partial charge in [0, 0.05) is 22.5 Å². The van der Waals surface area contributed by atoms with E-state index in [-0.39, 0.29) is 0 Å². The second-order valence-electron chi connectivity index (χ2n) is 4.50. The van der Waals surface area contributed by atoms with Crippen molar-refractivity contribution in [2.75, 3.05) is 18.6 Å². The van der Waals surface area contributed by atoms with E-state index in [1.807, 2.05) is 11.3 Å². The van der Waals surface area contributed by atoms with Crippen molar-refractivity contribution in [2.45, 2.75) is 13.0 Å². The topological polar surface area (TPSA) is 15.3 Å². The number of hydrogen-bond donors (Lipinski definition) is 1. The summed E-state index contributed by atoms with van der Waals surface area (Å²) < 4.78 is 0. The Morgan fingerprint density at radius 2 is 2.06 bits per heavy atom. The first kappa shape index (κ1) is 10.8. The van der Waals surface area contributed by atoms with Gasteiger partial charge in [0.25, 0.3) is 0 Å². The molecule has 1 atom stereocenters. The molecular formula is C14H16N2S. The molecule has 0 radical (unpaired) electrons. The average molecular weight is 244 g/mol. The number of benzene rings is 1. The van der Waals surface area contributed by atoms with E-state index >= 15 is 0 Å². The monoisotopic (exact) mass is 244 g/mol. The van der Waals surface area contributed by atoms with Gasteiger partial charge in [-0.1, -0.05) is 18.2 Å². The quantitative estimate of drug-likeness (QED) is 0.829. The van der Waals surface area contributed by atoms with Crippen molar-refractivity contribution in [3.63, 3.8) is 0 Å². The highest BCUT2D eigenvalue weighted by atomic mass is 32.1. The van der Waals surface area contributed by atoms with E-state index in [0.29, 0.717) is 6.04 Å². The van der Waals surface area contributed by atoms with Crippen molar-refractivity contribution in [1.82, 2.24) is 5.32 Å². The number of aryl methyl sites for hydroxylation is 1. The van der Waals surface area contributed by atoms with Crippen molar-refractivity contribution in [3.05, 3.63) is 51.7 Å². The van der Waals surface area contributed by atoms with E-state index in [2.05, 4.69) is 60.6 Å². The van der Waals surface area contributed by atoms with E-state index in [0.717, 1.165) is 6.67 Å². The summed E-state index contributed by atoms with van der Waals surface area (Å²) >= 11 is 1.88. The average Bonchev–Trinajstić information content (AvgIpc) is 2.77. The number of para-hydroxylation sites is 1. The fourth-order valence-corrected chi connectivity index (χ4v) is 3.34. The predicted molar refractivity (Wildman–Crippen MR) is 73.7 cm³/mol. The van der Waals surface area contributed by atoms with E-state index in [4.69, 9.17) is 0 Å². The standard InChI is InChI=1S/C14H16N2S/c1-10-7-8-13(17-10)14-11-5-3-4-6-12(11)16(2)9-15-14/h3-8,14-15H,9H2,1-2H3. The Hall–Kier alpha value is -1.32. The zero-order chi connectivity index (χ0) is 11.8. The molecule has 0 fully saturated rings. The van der Waals surface area contributed by atoms with Crippen LogP contribution < -0.4 is 10.2 Å². The van der Waals surface area contributed by atoms with Crippen molar-refractivity contribution in [1.29, 1.82) is 0 Å². The van der Waals surface area contributed by atoms with Crippen LogP contribution in [0.25, 0.3) is 0 Å². The lowest BCUT2D eigenvalue weighted by Gasteiger charge is -2.33. The molecule has 2 nitrogen and oxygen atoms in total. The first-order chi connectivity index (χ1) is 8.25. The Bertz CT molecular complexity index is 533. The largest absolute Gasteiger partial charge is 0.362 e. The van der Waals surface area contributed by atoms with Crippen molar-refractivity contribution in [3.8, 4) is 0 Å². The molecule has 1 aromatic heterocycles. The predicted octanol–water partition coefficient (Wildman–Crippen LogP) is 3.14. The lowest BCUT2D eigenvalue weighted by Crippen LogP contribution is -2.39. The smallest absolute Gasteiger partial charge is 0.0704 e. The molecule has 0 amide bonds. The molecule has 1 aliphatic heterocycles. The third-order valence-corrected chi connectivity index (χ3v) is 4.30. The number of hydrogen-bond acceptors (Lipinski definition) is 3. The van der Waals surface area contributed by atoms with Gasteiger partial charge in [0.15, 0.2) is 0 Å². The van der Waals surface area contributed by atoms with Crippen LogP contribution in [-0.4, -0.2) is 13.7 Å². The molecule has 3 heteroatoms. The van der Waals surface area contributed by atoms with E-state index in [1.54, 1.807) is 0 Å². The van der Waals surface area contributed by atoms with Gasteiger partial charge in [0.05, 0.1) is 12.7 Å². The minimum atomic E-state index is 0.348. The first-order valence-corrected chi connectivity index (χ1v) is 6.67. The molecule has 17 heavy (non-hydrogen) atoms. The van der Waals surface area contributed by atoms with Crippen molar-refractivity contribution in [2.24, 2.45) is 0 Å². The fourth-order valence-electron chi connectivity index (χ4n) is 2.37. The van der Waals surface area contributed by atoms with Crippen LogP contribution in [0.15, 0.2) is 36.4 Å². The maximum absolute atomic E-state index is 3.59. The molecule has 1 unspecified atom stereocenters. The summed E-state index contributed by atoms with van der Waals surface area (Å²) in [6.07, 6.45) is 0. The SMILES string of the molecule is Cc1ccc(C2NCN(C)c3ccccc32)s1. The third-order valence-electron chi connectivity index (χ3n) is 3.24. The van der Waals surface area contributed by atoms with Crippen LogP contribution in [-0.2, 0) is 0 Å². The molecule has 88 valence electrons. The summed E-state index contributed by atoms with van der Waals surface area (Å²) in [4.78, 5) is 5.04. The molecule has 0 aliphatic carbocycles. The van der Waals surface area contributed by atoms with Crippen LogP contribution in [0.5, 0.6) is 0 Å². The number of nitrogens with zero attached hydrogens (tertiary/aromatic N) is 1. The van der Waals surface area contributed by atoms with Gasteiger partial charge in [0.1, 0.15) is 0 Å². The highest BCUT2D eigenvalue weighted by Gasteiger charge is 2.24. The molecule has 0 spiro atoms. The molecule has 3 rings (SSSR count). The molecule has 0 saturated heterocycles. The lowest BCUT2D eigenvalue weighted by molar-refractivity contribution is 0.579. The van der Waals surface area contributed by atoms with Gasteiger partial charge < -0.3 is 4.90 Å². The number of thiophene rings is 1. The summed E-state index contributed by atoms with van der Waals surface area (Å²) in [5.74, 6) is 0. The Morgan fingerprint density at radius 1 is 1.24 bits per heavy atom. The molecule has 0 bridgehead atoms.